The van der Waals surface area contributed by atoms with Crippen LogP contribution in [0.1, 0.15) is 16.8 Å². The molecule has 0 radical (unpaired) electrons. The van der Waals surface area contributed by atoms with E-state index in [0.29, 0.717) is 30.8 Å². The van der Waals surface area contributed by atoms with Crippen molar-refractivity contribution >= 4 is 27.3 Å². The standard InChI is InChI=1S/C19H25N3O4S/c1-22(2)17-9-7-16(8-10-17)21-19(23)15-5-11-18(12-6-15)27(24,25)20-13-4-14-26-3/h5-12,20H,4,13-14H2,1-3H3,(H,21,23). The number of hydrogen-bond donors (Lipinski definition) is 2. The first-order valence-electron chi connectivity index (χ1n) is 8.51. The summed E-state index contributed by atoms with van der Waals surface area (Å²) in [7, 11) is 1.85. The zero-order valence-corrected chi connectivity index (χ0v) is 16.5. The second-order valence-electron chi connectivity index (χ2n) is 6.16. The number of carbonyl (C=O) groups excluding carboxylic acids is 1. The number of nitrogens with zero attached hydrogens (tertiary/aromatic N) is 1. The minimum absolute atomic E-state index is 0.117. The van der Waals surface area contributed by atoms with Crippen molar-refractivity contribution in [2.75, 3.05) is 44.6 Å². The number of amides is 1. The molecule has 0 aliphatic carbocycles. The average Bonchev–Trinajstić information content (AvgIpc) is 2.66. The molecule has 0 aromatic heterocycles. The molecule has 0 unspecified atom stereocenters. The van der Waals surface area contributed by atoms with Gasteiger partial charge in [-0.1, -0.05) is 0 Å². The molecule has 7 nitrogen and oxygen atoms in total. The molecule has 2 N–H and O–H groups in total. The number of methoxy groups -OCH3 is 1. The zero-order valence-electron chi connectivity index (χ0n) is 15.7. The number of ether oxygens (including phenoxy) is 1. The van der Waals surface area contributed by atoms with E-state index in [4.69, 9.17) is 4.74 Å². The van der Waals surface area contributed by atoms with E-state index in [2.05, 4.69) is 10.0 Å². The third-order valence-corrected chi connectivity index (χ3v) is 5.36. The van der Waals surface area contributed by atoms with Gasteiger partial charge >= 0.3 is 0 Å². The van der Waals surface area contributed by atoms with Crippen LogP contribution in [0.4, 0.5) is 11.4 Å². The molecule has 146 valence electrons. The average molecular weight is 391 g/mol. The Kier molecular flexibility index (Phi) is 7.35. The van der Waals surface area contributed by atoms with Crippen LogP contribution in [0.5, 0.6) is 0 Å². The fraction of sp³-hybridized carbons (Fsp3) is 0.316. The van der Waals surface area contributed by atoms with Gasteiger partial charge in [-0.3, -0.25) is 4.79 Å². The smallest absolute Gasteiger partial charge is 0.255 e. The first-order chi connectivity index (χ1) is 12.8. The topological polar surface area (TPSA) is 87.7 Å². The lowest BCUT2D eigenvalue weighted by molar-refractivity contribution is 0.102. The Balaban J connectivity index is 2.00. The predicted octanol–water partition coefficient (Wildman–Crippen LogP) is 2.32. The summed E-state index contributed by atoms with van der Waals surface area (Å²) in [5.41, 5.74) is 2.08. The van der Waals surface area contributed by atoms with Crippen LogP contribution in [-0.4, -0.2) is 48.7 Å². The molecule has 0 spiro atoms. The molecule has 0 saturated heterocycles. The van der Waals surface area contributed by atoms with E-state index in [-0.39, 0.29) is 10.8 Å². The van der Waals surface area contributed by atoms with Crippen LogP contribution < -0.4 is 14.9 Å². The highest BCUT2D eigenvalue weighted by atomic mass is 32.2. The van der Waals surface area contributed by atoms with Gasteiger partial charge in [0.25, 0.3) is 5.91 Å². The van der Waals surface area contributed by atoms with E-state index in [1.807, 2.05) is 43.3 Å². The van der Waals surface area contributed by atoms with Gasteiger partial charge in [0.1, 0.15) is 0 Å². The quantitative estimate of drug-likeness (QED) is 0.641. The number of nitrogens with one attached hydrogen (secondary N) is 2. The molecule has 1 amide bonds. The molecule has 0 fully saturated rings. The molecule has 0 bridgehead atoms. The fourth-order valence-electron chi connectivity index (χ4n) is 2.34. The van der Waals surface area contributed by atoms with Gasteiger partial charge in [0.2, 0.25) is 10.0 Å². The summed E-state index contributed by atoms with van der Waals surface area (Å²) in [6, 6.07) is 13.3. The van der Waals surface area contributed by atoms with Gasteiger partial charge in [-0.15, -0.1) is 0 Å². The summed E-state index contributed by atoms with van der Waals surface area (Å²) in [4.78, 5) is 14.4. The summed E-state index contributed by atoms with van der Waals surface area (Å²) in [5.74, 6) is -0.301. The van der Waals surface area contributed by atoms with Crippen LogP contribution >= 0.6 is 0 Å². The van der Waals surface area contributed by atoms with Crippen molar-refractivity contribution in [2.45, 2.75) is 11.3 Å². The second kappa shape index (κ2) is 9.50. The van der Waals surface area contributed by atoms with Crippen LogP contribution in [-0.2, 0) is 14.8 Å². The maximum absolute atomic E-state index is 12.3. The minimum Gasteiger partial charge on any atom is -0.385 e. The normalized spacial score (nSPS) is 11.2. The van der Waals surface area contributed by atoms with Gasteiger partial charge < -0.3 is 15.0 Å². The second-order valence-corrected chi connectivity index (χ2v) is 7.93. The van der Waals surface area contributed by atoms with Crippen LogP contribution in [0.15, 0.2) is 53.4 Å². The molecule has 0 saturated carbocycles. The largest absolute Gasteiger partial charge is 0.385 e. The Morgan fingerprint density at radius 2 is 1.67 bits per heavy atom. The lowest BCUT2D eigenvalue weighted by atomic mass is 10.2. The summed E-state index contributed by atoms with van der Waals surface area (Å²) in [5, 5.41) is 2.79. The molecule has 0 atom stereocenters. The highest BCUT2D eigenvalue weighted by Crippen LogP contribution is 2.17. The van der Waals surface area contributed by atoms with Crippen LogP contribution in [0, 0.1) is 0 Å². The van der Waals surface area contributed by atoms with E-state index in [1.165, 1.54) is 24.3 Å². The number of carbonyl (C=O) groups is 1. The highest BCUT2D eigenvalue weighted by Gasteiger charge is 2.14. The first-order valence-corrected chi connectivity index (χ1v) is 9.99. The predicted molar refractivity (Wildman–Crippen MR) is 107 cm³/mol. The van der Waals surface area contributed by atoms with Crippen molar-refractivity contribution in [1.82, 2.24) is 4.72 Å². The van der Waals surface area contributed by atoms with Crippen molar-refractivity contribution < 1.29 is 17.9 Å². The SMILES string of the molecule is COCCCNS(=O)(=O)c1ccc(C(=O)Nc2ccc(N(C)C)cc2)cc1. The molecule has 0 aliphatic heterocycles. The van der Waals surface area contributed by atoms with E-state index in [0.717, 1.165) is 5.69 Å². The maximum atomic E-state index is 12.3. The van der Waals surface area contributed by atoms with Crippen molar-refractivity contribution in [1.29, 1.82) is 0 Å². The number of hydrogen-bond acceptors (Lipinski definition) is 5. The van der Waals surface area contributed by atoms with E-state index in [1.54, 1.807) is 7.11 Å². The third kappa shape index (κ3) is 6.06. The fourth-order valence-corrected chi connectivity index (χ4v) is 3.41. The lowest BCUT2D eigenvalue weighted by Gasteiger charge is -2.13. The Hall–Kier alpha value is -2.42. The summed E-state index contributed by atoms with van der Waals surface area (Å²) in [6.07, 6.45) is 0.586. The van der Waals surface area contributed by atoms with Crippen LogP contribution in [0.3, 0.4) is 0 Å². The van der Waals surface area contributed by atoms with E-state index >= 15 is 0 Å². The third-order valence-electron chi connectivity index (χ3n) is 3.89. The van der Waals surface area contributed by atoms with Crippen LogP contribution in [0.25, 0.3) is 0 Å². The first kappa shape index (κ1) is 20.9. The highest BCUT2D eigenvalue weighted by molar-refractivity contribution is 7.89. The number of sulfonamides is 1. The number of benzene rings is 2. The minimum atomic E-state index is -3.60. The Labute approximate surface area is 160 Å². The van der Waals surface area contributed by atoms with Crippen molar-refractivity contribution in [2.24, 2.45) is 0 Å². The Morgan fingerprint density at radius 3 is 2.22 bits per heavy atom. The van der Waals surface area contributed by atoms with Crippen molar-refractivity contribution in [3.05, 3.63) is 54.1 Å². The maximum Gasteiger partial charge on any atom is 0.255 e. The zero-order chi connectivity index (χ0) is 19.9. The van der Waals surface area contributed by atoms with E-state index < -0.39 is 10.0 Å². The lowest BCUT2D eigenvalue weighted by Crippen LogP contribution is -2.25. The van der Waals surface area contributed by atoms with Gasteiger partial charge in [-0.25, -0.2) is 13.1 Å². The molecule has 2 aromatic carbocycles. The molecule has 8 heteroatoms. The Bertz CT molecular complexity index is 848. The van der Waals surface area contributed by atoms with Crippen molar-refractivity contribution in [3.8, 4) is 0 Å². The van der Waals surface area contributed by atoms with E-state index in [9.17, 15) is 13.2 Å². The van der Waals surface area contributed by atoms with Gasteiger partial charge in [-0.05, 0) is 55.0 Å². The molecule has 0 aliphatic rings. The molecule has 0 heterocycles. The molecular formula is C19H25N3O4S. The van der Waals surface area contributed by atoms with Gasteiger partial charge in [-0.2, -0.15) is 0 Å². The summed E-state index contributed by atoms with van der Waals surface area (Å²) >= 11 is 0. The number of rotatable bonds is 9. The van der Waals surface area contributed by atoms with Crippen LogP contribution in [0.2, 0.25) is 0 Å². The molecular weight excluding hydrogens is 366 g/mol. The van der Waals surface area contributed by atoms with Gasteiger partial charge in [0.05, 0.1) is 4.90 Å². The van der Waals surface area contributed by atoms with Gasteiger partial charge in [0, 0.05) is 51.3 Å². The number of anilines is 2. The monoisotopic (exact) mass is 391 g/mol. The summed E-state index contributed by atoms with van der Waals surface area (Å²) < 4.78 is 31.8. The Morgan fingerprint density at radius 1 is 1.04 bits per heavy atom. The molecule has 2 aromatic rings. The van der Waals surface area contributed by atoms with Crippen molar-refractivity contribution in [3.63, 3.8) is 0 Å². The molecule has 2 rings (SSSR count). The molecule has 27 heavy (non-hydrogen) atoms. The summed E-state index contributed by atoms with van der Waals surface area (Å²) in [6.45, 7) is 0.776. The van der Waals surface area contributed by atoms with Gasteiger partial charge in [0.15, 0.2) is 0 Å².